The molecule has 0 aliphatic heterocycles. The van der Waals surface area contributed by atoms with Gasteiger partial charge in [0.2, 0.25) is 11.8 Å². The van der Waals surface area contributed by atoms with Crippen LogP contribution in [0.5, 0.6) is 0 Å². The van der Waals surface area contributed by atoms with Gasteiger partial charge in [-0.15, -0.1) is 0 Å². The van der Waals surface area contributed by atoms with E-state index in [1.54, 1.807) is 0 Å². The lowest BCUT2D eigenvalue weighted by Crippen LogP contribution is -2.34. The van der Waals surface area contributed by atoms with E-state index in [0.29, 0.717) is 31.1 Å². The van der Waals surface area contributed by atoms with Gasteiger partial charge < -0.3 is 14.7 Å². The zero-order valence-corrected chi connectivity index (χ0v) is 15.7. The highest BCUT2D eigenvalue weighted by Crippen LogP contribution is 2.18. The number of likely N-dealkylation sites (N-methyl/N-ethyl adjacent to an activating group) is 1. The molecule has 1 heterocycles. The fraction of sp³-hybridized carbons (Fsp3) is 0.526. The van der Waals surface area contributed by atoms with Gasteiger partial charge in [0, 0.05) is 25.3 Å². The van der Waals surface area contributed by atoms with E-state index in [1.165, 1.54) is 11.1 Å². The molecule has 1 amide bonds. The molecule has 1 aromatic carbocycles. The smallest absolute Gasteiger partial charge is 0.227 e. The minimum Gasteiger partial charge on any atom is -0.354 e. The van der Waals surface area contributed by atoms with Crippen LogP contribution in [0.1, 0.15) is 55.1 Å². The number of aromatic nitrogens is 2. The first kappa shape index (κ1) is 19.1. The van der Waals surface area contributed by atoms with Gasteiger partial charge in [-0.1, -0.05) is 48.8 Å². The molecule has 0 aliphatic rings. The van der Waals surface area contributed by atoms with Gasteiger partial charge in [-0.3, -0.25) is 4.79 Å². The van der Waals surface area contributed by atoms with Gasteiger partial charge >= 0.3 is 0 Å². The number of amides is 1. The molecule has 6 heteroatoms. The number of carbonyl (C=O) groups is 1. The molecule has 136 valence electrons. The quantitative estimate of drug-likeness (QED) is 0.797. The zero-order chi connectivity index (χ0) is 18.4. The van der Waals surface area contributed by atoms with Gasteiger partial charge in [-0.05, 0) is 26.6 Å². The van der Waals surface area contributed by atoms with E-state index >= 15 is 0 Å². The van der Waals surface area contributed by atoms with Gasteiger partial charge in [0.1, 0.15) is 0 Å². The summed E-state index contributed by atoms with van der Waals surface area (Å²) in [5.74, 6) is 1.41. The molecule has 0 unspecified atom stereocenters. The Balaban J connectivity index is 1.85. The fourth-order valence-electron chi connectivity index (χ4n) is 2.51. The molecule has 2 rings (SSSR count). The van der Waals surface area contributed by atoms with Crippen LogP contribution in [0.3, 0.4) is 0 Å². The molecular weight excluding hydrogens is 316 g/mol. The van der Waals surface area contributed by atoms with Crippen LogP contribution >= 0.6 is 0 Å². The average Bonchev–Trinajstić information content (AvgIpc) is 3.04. The summed E-state index contributed by atoms with van der Waals surface area (Å²) in [7, 11) is 4.03. The lowest BCUT2D eigenvalue weighted by Gasteiger charge is -2.25. The van der Waals surface area contributed by atoms with Crippen molar-refractivity contribution in [2.45, 2.75) is 45.6 Å². The number of carbonyl (C=O) groups excluding carboxylic acids is 1. The van der Waals surface area contributed by atoms with Gasteiger partial charge in [-0.25, -0.2) is 0 Å². The van der Waals surface area contributed by atoms with Gasteiger partial charge in [0.05, 0.1) is 6.04 Å². The van der Waals surface area contributed by atoms with Crippen molar-refractivity contribution in [3.05, 3.63) is 47.1 Å². The van der Waals surface area contributed by atoms with Crippen LogP contribution in [0.2, 0.25) is 0 Å². The standard InChI is InChI=1S/C19H28N4O2/c1-13(2)19-21-18(25-22-19)11-10-17(24)20-12-16(23(4)5)15-8-6-14(3)7-9-15/h6-9,13,16H,10-12H2,1-5H3,(H,20,24)/t16-/m0/s1. The molecule has 25 heavy (non-hydrogen) atoms. The highest BCUT2D eigenvalue weighted by atomic mass is 16.5. The Morgan fingerprint density at radius 3 is 2.48 bits per heavy atom. The maximum absolute atomic E-state index is 12.2. The van der Waals surface area contributed by atoms with E-state index in [0.717, 1.165) is 0 Å². The summed E-state index contributed by atoms with van der Waals surface area (Å²) in [6.45, 7) is 6.65. The summed E-state index contributed by atoms with van der Waals surface area (Å²) in [5, 5.41) is 6.92. The SMILES string of the molecule is Cc1ccc([C@H](CNC(=O)CCc2nc(C(C)C)no2)N(C)C)cc1. The second-order valence-electron chi connectivity index (χ2n) is 6.90. The van der Waals surface area contributed by atoms with Crippen LogP contribution in [-0.2, 0) is 11.2 Å². The predicted octanol–water partition coefficient (Wildman–Crippen LogP) is 2.85. The second kappa shape index (κ2) is 8.76. The minimum absolute atomic E-state index is 0.0109. The highest BCUT2D eigenvalue weighted by molar-refractivity contribution is 5.76. The first-order chi connectivity index (χ1) is 11.9. The van der Waals surface area contributed by atoms with Crippen molar-refractivity contribution in [3.63, 3.8) is 0 Å². The molecule has 6 nitrogen and oxygen atoms in total. The summed E-state index contributed by atoms with van der Waals surface area (Å²) < 4.78 is 5.17. The number of benzene rings is 1. The van der Waals surface area contributed by atoms with E-state index in [4.69, 9.17) is 4.52 Å². The molecular formula is C19H28N4O2. The number of nitrogens with zero attached hydrogens (tertiary/aromatic N) is 3. The number of rotatable bonds is 8. The Kier molecular flexibility index (Phi) is 6.70. The summed E-state index contributed by atoms with van der Waals surface area (Å²) in [5.41, 5.74) is 2.42. The van der Waals surface area contributed by atoms with E-state index in [1.807, 2.05) is 27.9 Å². The Morgan fingerprint density at radius 2 is 1.92 bits per heavy atom. The lowest BCUT2D eigenvalue weighted by molar-refractivity contribution is -0.121. The van der Waals surface area contributed by atoms with Gasteiger partial charge in [0.15, 0.2) is 5.82 Å². The molecule has 0 saturated carbocycles. The molecule has 0 spiro atoms. The van der Waals surface area contributed by atoms with Gasteiger partial charge in [0.25, 0.3) is 0 Å². The van der Waals surface area contributed by atoms with E-state index in [9.17, 15) is 4.79 Å². The molecule has 1 atom stereocenters. The third-order valence-corrected chi connectivity index (χ3v) is 4.14. The Morgan fingerprint density at radius 1 is 1.24 bits per heavy atom. The molecule has 0 fully saturated rings. The van der Waals surface area contributed by atoms with E-state index in [2.05, 4.69) is 51.5 Å². The molecule has 0 aliphatic carbocycles. The summed E-state index contributed by atoms with van der Waals surface area (Å²) in [6, 6.07) is 8.54. The number of aryl methyl sites for hydroxylation is 2. The molecule has 1 aromatic heterocycles. The molecule has 0 radical (unpaired) electrons. The van der Waals surface area contributed by atoms with Crippen LogP contribution < -0.4 is 5.32 Å². The first-order valence-corrected chi connectivity index (χ1v) is 8.69. The van der Waals surface area contributed by atoms with Crippen molar-refractivity contribution in [2.24, 2.45) is 0 Å². The van der Waals surface area contributed by atoms with Crippen molar-refractivity contribution in [1.82, 2.24) is 20.4 Å². The van der Waals surface area contributed by atoms with Crippen molar-refractivity contribution in [2.75, 3.05) is 20.6 Å². The monoisotopic (exact) mass is 344 g/mol. The largest absolute Gasteiger partial charge is 0.354 e. The molecule has 1 N–H and O–H groups in total. The molecule has 2 aromatic rings. The van der Waals surface area contributed by atoms with Crippen LogP contribution in [0.15, 0.2) is 28.8 Å². The van der Waals surface area contributed by atoms with E-state index < -0.39 is 0 Å². The number of hydrogen-bond donors (Lipinski definition) is 1. The lowest BCUT2D eigenvalue weighted by atomic mass is 10.0. The predicted molar refractivity (Wildman–Crippen MR) is 97.3 cm³/mol. The topological polar surface area (TPSA) is 71.3 Å². The van der Waals surface area contributed by atoms with E-state index in [-0.39, 0.29) is 17.9 Å². The third kappa shape index (κ3) is 5.67. The van der Waals surface area contributed by atoms with Crippen molar-refractivity contribution in [3.8, 4) is 0 Å². The van der Waals surface area contributed by atoms with Crippen LogP contribution in [0.4, 0.5) is 0 Å². The van der Waals surface area contributed by atoms with Crippen molar-refractivity contribution in [1.29, 1.82) is 0 Å². The Labute approximate surface area is 149 Å². The van der Waals surface area contributed by atoms with Crippen LogP contribution in [0.25, 0.3) is 0 Å². The Bertz CT molecular complexity index is 677. The maximum atomic E-state index is 12.2. The number of nitrogens with one attached hydrogen (secondary N) is 1. The Hall–Kier alpha value is -2.21. The first-order valence-electron chi connectivity index (χ1n) is 8.69. The third-order valence-electron chi connectivity index (χ3n) is 4.14. The van der Waals surface area contributed by atoms with Crippen molar-refractivity contribution < 1.29 is 9.32 Å². The van der Waals surface area contributed by atoms with Crippen molar-refractivity contribution >= 4 is 5.91 Å². The van der Waals surface area contributed by atoms with Crippen LogP contribution in [0, 0.1) is 6.92 Å². The van der Waals surface area contributed by atoms with Gasteiger partial charge in [-0.2, -0.15) is 4.98 Å². The summed E-state index contributed by atoms with van der Waals surface area (Å²) in [6.07, 6.45) is 0.802. The number of hydrogen-bond acceptors (Lipinski definition) is 5. The second-order valence-corrected chi connectivity index (χ2v) is 6.90. The zero-order valence-electron chi connectivity index (χ0n) is 15.7. The molecule has 0 bridgehead atoms. The normalized spacial score (nSPS) is 12.6. The maximum Gasteiger partial charge on any atom is 0.227 e. The van der Waals surface area contributed by atoms with Crippen LogP contribution in [-0.4, -0.2) is 41.6 Å². The summed E-state index contributed by atoms with van der Waals surface area (Å²) >= 11 is 0. The fourth-order valence-corrected chi connectivity index (χ4v) is 2.51. The average molecular weight is 344 g/mol. The molecule has 0 saturated heterocycles. The summed E-state index contributed by atoms with van der Waals surface area (Å²) in [4.78, 5) is 18.6. The highest BCUT2D eigenvalue weighted by Gasteiger charge is 2.16. The minimum atomic E-state index is -0.0109.